The molecule has 0 radical (unpaired) electrons. The molecule has 2 aromatic carbocycles. The molecule has 0 saturated heterocycles. The van der Waals surface area contributed by atoms with Crippen LogP contribution in [0.2, 0.25) is 0 Å². The highest BCUT2D eigenvalue weighted by atomic mass is 32.1. The molecule has 8 heteroatoms. The van der Waals surface area contributed by atoms with Gasteiger partial charge in [0, 0.05) is 12.2 Å². The average Bonchev–Trinajstić information content (AvgIpc) is 3.21. The predicted octanol–water partition coefficient (Wildman–Crippen LogP) is 4.21. The fraction of sp³-hybridized carbons (Fsp3) is 0.136. The van der Waals surface area contributed by atoms with Crippen LogP contribution >= 0.6 is 11.3 Å². The van der Waals surface area contributed by atoms with Gasteiger partial charge in [0.1, 0.15) is 16.9 Å². The van der Waals surface area contributed by atoms with Gasteiger partial charge in [-0.3, -0.25) is 4.79 Å². The van der Waals surface area contributed by atoms with E-state index in [1.54, 1.807) is 47.8 Å². The highest BCUT2D eigenvalue weighted by Gasteiger charge is 2.15. The molecule has 1 aromatic heterocycles. The van der Waals surface area contributed by atoms with Crippen molar-refractivity contribution in [1.82, 2.24) is 0 Å². The topological polar surface area (TPSA) is 91.2 Å². The van der Waals surface area contributed by atoms with Crippen molar-refractivity contribution >= 4 is 33.9 Å². The van der Waals surface area contributed by atoms with Gasteiger partial charge in [0.25, 0.3) is 5.91 Å². The number of ether oxygens (including phenoxy) is 1. The van der Waals surface area contributed by atoms with Gasteiger partial charge in [-0.1, -0.05) is 24.3 Å². The predicted molar refractivity (Wildman–Crippen MR) is 113 cm³/mol. The lowest BCUT2D eigenvalue weighted by molar-refractivity contribution is -0.119. The van der Waals surface area contributed by atoms with Crippen LogP contribution in [-0.2, 0) is 16.0 Å². The minimum absolute atomic E-state index is 0.285. The van der Waals surface area contributed by atoms with E-state index in [1.807, 2.05) is 6.07 Å². The van der Waals surface area contributed by atoms with Crippen molar-refractivity contribution in [1.29, 1.82) is 5.26 Å². The molecule has 0 bridgehead atoms. The Labute approximate surface area is 176 Å². The molecule has 0 aliphatic carbocycles. The molecule has 3 rings (SSSR count). The van der Waals surface area contributed by atoms with Crippen LogP contribution in [0.5, 0.6) is 0 Å². The van der Waals surface area contributed by atoms with Crippen LogP contribution in [0.15, 0.2) is 60.0 Å². The molecule has 3 aromatic rings. The summed E-state index contributed by atoms with van der Waals surface area (Å²) in [5, 5.41) is 16.8. The number of para-hydroxylation sites is 1. The lowest BCUT2D eigenvalue weighted by Crippen LogP contribution is -2.21. The van der Waals surface area contributed by atoms with Gasteiger partial charge < -0.3 is 15.4 Å². The van der Waals surface area contributed by atoms with Crippen molar-refractivity contribution in [3.05, 3.63) is 82.5 Å². The molecule has 1 heterocycles. The van der Waals surface area contributed by atoms with Gasteiger partial charge in [0.05, 0.1) is 11.1 Å². The molecular weight excluding hydrogens is 405 g/mol. The number of anilines is 2. The summed E-state index contributed by atoms with van der Waals surface area (Å²) in [6.45, 7) is 0.0667. The summed E-state index contributed by atoms with van der Waals surface area (Å²) in [5.74, 6) is -1.45. The molecule has 1 amide bonds. The van der Waals surface area contributed by atoms with Crippen LogP contribution in [0.25, 0.3) is 0 Å². The number of benzene rings is 2. The molecule has 0 fully saturated rings. The third-order valence-corrected chi connectivity index (χ3v) is 4.99. The zero-order valence-electron chi connectivity index (χ0n) is 15.9. The fourth-order valence-electron chi connectivity index (χ4n) is 2.67. The van der Waals surface area contributed by atoms with Crippen molar-refractivity contribution in [2.24, 2.45) is 0 Å². The van der Waals surface area contributed by atoms with Crippen LogP contribution in [-0.4, -0.2) is 25.0 Å². The molecule has 30 heavy (non-hydrogen) atoms. The van der Waals surface area contributed by atoms with E-state index in [1.165, 1.54) is 23.5 Å². The molecular formula is C22H18FN3O3S. The molecule has 0 saturated carbocycles. The molecule has 152 valence electrons. The summed E-state index contributed by atoms with van der Waals surface area (Å²) >= 11 is 1.22. The Kier molecular flexibility index (Phi) is 7.14. The number of carbonyl (C=O) groups is 2. The van der Waals surface area contributed by atoms with E-state index in [9.17, 15) is 14.0 Å². The molecule has 0 unspecified atom stereocenters. The Morgan fingerprint density at radius 3 is 2.63 bits per heavy atom. The molecule has 0 aliphatic heterocycles. The van der Waals surface area contributed by atoms with Gasteiger partial charge in [-0.25, -0.2) is 9.18 Å². The third kappa shape index (κ3) is 5.65. The number of esters is 1. The maximum Gasteiger partial charge on any atom is 0.340 e. The first kappa shape index (κ1) is 21.0. The SMILES string of the molecule is N#Cc1ccsc1NC(=O)COC(=O)c1ccccc1NCCc1ccc(F)cc1. The standard InChI is InChI=1S/C22H18FN3O3S/c23-17-7-5-15(6-8-17)9-11-25-19-4-2-1-3-18(19)22(28)29-14-20(27)26-21-16(13-24)10-12-30-21/h1-8,10,12,25H,9,11,14H2,(H,26,27). The summed E-state index contributed by atoms with van der Waals surface area (Å²) in [5.41, 5.74) is 2.20. The number of hydrogen-bond acceptors (Lipinski definition) is 6. The minimum atomic E-state index is -0.637. The van der Waals surface area contributed by atoms with Gasteiger partial charge in [0.15, 0.2) is 6.61 Å². The summed E-state index contributed by atoms with van der Waals surface area (Å²) in [4.78, 5) is 24.5. The number of rotatable bonds is 8. The zero-order valence-corrected chi connectivity index (χ0v) is 16.7. The number of hydrogen-bond donors (Lipinski definition) is 2. The van der Waals surface area contributed by atoms with Gasteiger partial charge >= 0.3 is 5.97 Å². The van der Waals surface area contributed by atoms with E-state index in [2.05, 4.69) is 10.6 Å². The Morgan fingerprint density at radius 2 is 1.87 bits per heavy atom. The average molecular weight is 423 g/mol. The lowest BCUT2D eigenvalue weighted by Gasteiger charge is -2.12. The van der Waals surface area contributed by atoms with Crippen LogP contribution in [0.1, 0.15) is 21.5 Å². The molecule has 0 atom stereocenters. The Morgan fingerprint density at radius 1 is 1.10 bits per heavy atom. The van der Waals surface area contributed by atoms with E-state index in [0.717, 1.165) is 5.56 Å². The number of halogens is 1. The summed E-state index contributed by atoms with van der Waals surface area (Å²) in [6.07, 6.45) is 0.647. The van der Waals surface area contributed by atoms with Crippen LogP contribution in [0.4, 0.5) is 15.1 Å². The van der Waals surface area contributed by atoms with Gasteiger partial charge in [0.2, 0.25) is 0 Å². The first-order chi connectivity index (χ1) is 14.6. The first-order valence-corrected chi connectivity index (χ1v) is 9.96. The van der Waals surface area contributed by atoms with Gasteiger partial charge in [-0.15, -0.1) is 11.3 Å². The van der Waals surface area contributed by atoms with E-state index in [-0.39, 0.29) is 5.82 Å². The summed E-state index contributed by atoms with van der Waals surface area (Å²) < 4.78 is 18.1. The fourth-order valence-corrected chi connectivity index (χ4v) is 3.43. The third-order valence-electron chi connectivity index (χ3n) is 4.16. The number of nitriles is 1. The van der Waals surface area contributed by atoms with E-state index in [0.29, 0.717) is 34.8 Å². The normalized spacial score (nSPS) is 10.1. The summed E-state index contributed by atoms with van der Waals surface area (Å²) in [7, 11) is 0. The second-order valence-corrected chi connectivity index (χ2v) is 7.16. The monoisotopic (exact) mass is 423 g/mol. The smallest absolute Gasteiger partial charge is 0.340 e. The number of carbonyl (C=O) groups excluding carboxylic acids is 2. The zero-order chi connectivity index (χ0) is 21.3. The minimum Gasteiger partial charge on any atom is -0.452 e. The highest BCUT2D eigenvalue weighted by Crippen LogP contribution is 2.22. The quantitative estimate of drug-likeness (QED) is 0.530. The molecule has 0 spiro atoms. The van der Waals surface area contributed by atoms with Crippen molar-refractivity contribution in [2.45, 2.75) is 6.42 Å². The largest absolute Gasteiger partial charge is 0.452 e. The maximum atomic E-state index is 13.0. The van der Waals surface area contributed by atoms with Gasteiger partial charge in [-0.05, 0) is 47.7 Å². The summed E-state index contributed by atoms with van der Waals surface area (Å²) in [6, 6.07) is 16.6. The number of nitrogens with zero attached hydrogens (tertiary/aromatic N) is 1. The Balaban J connectivity index is 1.53. The Hall–Kier alpha value is -3.70. The molecule has 6 nitrogen and oxygen atoms in total. The second-order valence-electron chi connectivity index (χ2n) is 6.25. The number of thiophene rings is 1. The Bertz CT molecular complexity index is 1070. The first-order valence-electron chi connectivity index (χ1n) is 9.08. The van der Waals surface area contributed by atoms with Crippen molar-refractivity contribution in [3.63, 3.8) is 0 Å². The maximum absolute atomic E-state index is 13.0. The van der Waals surface area contributed by atoms with Crippen LogP contribution in [0, 0.1) is 17.1 Å². The van der Waals surface area contributed by atoms with Crippen molar-refractivity contribution in [2.75, 3.05) is 23.8 Å². The molecule has 0 aliphatic rings. The van der Waals surface area contributed by atoms with Crippen LogP contribution in [0.3, 0.4) is 0 Å². The number of amides is 1. The van der Waals surface area contributed by atoms with E-state index >= 15 is 0 Å². The van der Waals surface area contributed by atoms with Crippen molar-refractivity contribution in [3.8, 4) is 6.07 Å². The van der Waals surface area contributed by atoms with E-state index in [4.69, 9.17) is 10.00 Å². The molecule has 2 N–H and O–H groups in total. The highest BCUT2D eigenvalue weighted by molar-refractivity contribution is 7.14. The second kappa shape index (κ2) is 10.2. The lowest BCUT2D eigenvalue weighted by atomic mass is 10.1. The number of nitrogens with one attached hydrogen (secondary N) is 2. The van der Waals surface area contributed by atoms with Crippen LogP contribution < -0.4 is 10.6 Å². The van der Waals surface area contributed by atoms with Crippen molar-refractivity contribution < 1.29 is 18.7 Å². The van der Waals surface area contributed by atoms with E-state index < -0.39 is 18.5 Å². The van der Waals surface area contributed by atoms with Gasteiger partial charge in [-0.2, -0.15) is 5.26 Å².